The normalized spacial score (nSPS) is 15.4. The Morgan fingerprint density at radius 3 is 1.63 bits per heavy atom. The average Bonchev–Trinajstić information content (AvgIpc) is 3.78. The maximum atomic E-state index is 5.01. The van der Waals surface area contributed by atoms with Crippen LogP contribution in [0.2, 0.25) is 0 Å². The van der Waals surface area contributed by atoms with E-state index in [0.29, 0.717) is 6.54 Å². The first-order valence-electron chi connectivity index (χ1n) is 20.9. The van der Waals surface area contributed by atoms with Gasteiger partial charge in [-0.2, -0.15) is 0 Å². The molecule has 0 radical (unpaired) electrons. The third kappa shape index (κ3) is 5.28. The number of fused-ring (bicyclic) bond motifs is 16. The molecule has 0 fully saturated rings. The fraction of sp³-hybridized carbons (Fsp3) is 0.0517. The number of nitrogens with one attached hydrogen (secondary N) is 1. The van der Waals surface area contributed by atoms with Gasteiger partial charge in [0.25, 0.3) is 0 Å². The summed E-state index contributed by atoms with van der Waals surface area (Å²) in [6.07, 6.45) is 1.79. The van der Waals surface area contributed by atoms with Crippen molar-refractivity contribution in [2.24, 2.45) is 4.99 Å². The van der Waals surface area contributed by atoms with Gasteiger partial charge >= 0.3 is 0 Å². The van der Waals surface area contributed by atoms with Crippen LogP contribution in [0.5, 0.6) is 0 Å². The lowest BCUT2D eigenvalue weighted by molar-refractivity contribution is 0.556. The van der Waals surface area contributed by atoms with Gasteiger partial charge in [-0.1, -0.05) is 188 Å². The highest BCUT2D eigenvalue weighted by atomic mass is 15.1. The van der Waals surface area contributed by atoms with Crippen molar-refractivity contribution >= 4 is 38.5 Å². The topological polar surface area (TPSA) is 24.4 Å². The minimum atomic E-state index is -0.465. The summed E-state index contributed by atoms with van der Waals surface area (Å²) in [7, 11) is 0. The summed E-state index contributed by atoms with van der Waals surface area (Å²) in [5.41, 5.74) is 16.1. The minimum absolute atomic E-state index is 0.179. The van der Waals surface area contributed by atoms with E-state index >= 15 is 0 Å². The number of benzene rings is 10. The zero-order chi connectivity index (χ0) is 39.6. The lowest BCUT2D eigenvalue weighted by Gasteiger charge is -2.31. The molecule has 60 heavy (non-hydrogen) atoms. The predicted octanol–water partition coefficient (Wildman–Crippen LogP) is 14.1. The van der Waals surface area contributed by atoms with E-state index in [1.54, 1.807) is 0 Å². The molecule has 0 bridgehead atoms. The Morgan fingerprint density at radius 2 is 0.933 bits per heavy atom. The van der Waals surface area contributed by atoms with Crippen molar-refractivity contribution in [3.05, 3.63) is 251 Å². The molecule has 2 atom stereocenters. The molecule has 282 valence electrons. The largest absolute Gasteiger partial charge is 0.288 e. The van der Waals surface area contributed by atoms with Crippen LogP contribution in [-0.2, 0) is 12.0 Å². The Hall–Kier alpha value is -7.39. The second-order valence-electron chi connectivity index (χ2n) is 16.2. The number of aliphatic imine (C=N–C) groups is 1. The van der Waals surface area contributed by atoms with Crippen molar-refractivity contribution in [1.29, 1.82) is 0 Å². The molecule has 10 aromatic carbocycles. The van der Waals surface area contributed by atoms with Crippen molar-refractivity contribution in [2.75, 3.05) is 0 Å². The van der Waals surface area contributed by atoms with Gasteiger partial charge in [0.15, 0.2) is 0 Å². The molecule has 0 heterocycles. The van der Waals surface area contributed by atoms with Crippen LogP contribution in [0.15, 0.2) is 217 Å². The molecule has 2 heteroatoms. The van der Waals surface area contributed by atoms with Crippen molar-refractivity contribution in [1.82, 2.24) is 5.32 Å². The van der Waals surface area contributed by atoms with E-state index in [2.05, 4.69) is 199 Å². The van der Waals surface area contributed by atoms with E-state index in [4.69, 9.17) is 4.99 Å². The molecule has 0 aromatic heterocycles. The molecule has 10 aromatic rings. The molecule has 0 saturated heterocycles. The van der Waals surface area contributed by atoms with Crippen LogP contribution >= 0.6 is 0 Å². The highest BCUT2D eigenvalue weighted by molar-refractivity contribution is 6.26. The third-order valence-corrected chi connectivity index (χ3v) is 13.0. The standard InChI is InChI=1S/C58H40N2/c1-3-16-38(17-4-1)36-59-57(40-19-5-2-6-20-40)60-37-39-18-15-21-41(32-39)42-30-31-49-47-26-11-13-28-53(47)58(55(49)33-42)54-29-14-12-27-48(54)52-34-50-45-24-9-7-22-43(45)44-23-8-10-25-46(44)51(50)35-56(52)58/h1-36,57,60H,37H2/b59-36+. The number of rotatable bonds is 7. The second kappa shape index (κ2) is 13.9. The molecule has 1 spiro atoms. The maximum absolute atomic E-state index is 5.01. The van der Waals surface area contributed by atoms with Crippen LogP contribution < -0.4 is 5.32 Å². The van der Waals surface area contributed by atoms with Crippen molar-refractivity contribution in [3.63, 3.8) is 0 Å². The monoisotopic (exact) mass is 764 g/mol. The van der Waals surface area contributed by atoms with Crippen LogP contribution in [0.4, 0.5) is 0 Å². The van der Waals surface area contributed by atoms with Gasteiger partial charge in [0, 0.05) is 12.8 Å². The highest BCUT2D eigenvalue weighted by Gasteiger charge is 2.51. The summed E-state index contributed by atoms with van der Waals surface area (Å²) < 4.78 is 0. The number of hydrogen-bond donors (Lipinski definition) is 1. The summed E-state index contributed by atoms with van der Waals surface area (Å²) in [6, 6.07) is 78.2. The van der Waals surface area contributed by atoms with E-state index in [1.165, 1.54) is 93.5 Å². The van der Waals surface area contributed by atoms with Gasteiger partial charge in [0.05, 0.1) is 5.41 Å². The van der Waals surface area contributed by atoms with Crippen LogP contribution in [0.3, 0.4) is 0 Å². The van der Waals surface area contributed by atoms with E-state index in [0.717, 1.165) is 11.1 Å². The number of nitrogens with zero attached hydrogens (tertiary/aromatic N) is 1. The number of hydrogen-bond acceptors (Lipinski definition) is 2. The molecule has 0 amide bonds. The maximum Gasteiger partial charge on any atom is 0.125 e. The third-order valence-electron chi connectivity index (χ3n) is 13.0. The zero-order valence-corrected chi connectivity index (χ0v) is 33.0. The molecular weight excluding hydrogens is 725 g/mol. The smallest absolute Gasteiger partial charge is 0.125 e. The van der Waals surface area contributed by atoms with E-state index in [9.17, 15) is 0 Å². The molecular formula is C58H40N2. The van der Waals surface area contributed by atoms with Crippen LogP contribution in [0.25, 0.3) is 65.7 Å². The van der Waals surface area contributed by atoms with Crippen molar-refractivity contribution in [3.8, 4) is 33.4 Å². The molecule has 0 saturated carbocycles. The Kier molecular flexibility index (Phi) is 8.01. The van der Waals surface area contributed by atoms with Gasteiger partial charge in [-0.3, -0.25) is 10.3 Å². The summed E-state index contributed by atoms with van der Waals surface area (Å²) in [5, 5.41) is 11.6. The lowest BCUT2D eigenvalue weighted by Crippen LogP contribution is -2.26. The summed E-state index contributed by atoms with van der Waals surface area (Å²) in [6.45, 7) is 0.677. The molecule has 1 N–H and O–H groups in total. The van der Waals surface area contributed by atoms with E-state index < -0.39 is 5.41 Å². The Balaban J connectivity index is 1.00. The van der Waals surface area contributed by atoms with Crippen LogP contribution in [0.1, 0.15) is 45.1 Å². The van der Waals surface area contributed by atoms with Gasteiger partial charge in [0.1, 0.15) is 6.17 Å². The minimum Gasteiger partial charge on any atom is -0.288 e. The predicted molar refractivity (Wildman–Crippen MR) is 251 cm³/mol. The van der Waals surface area contributed by atoms with E-state index in [1.807, 2.05) is 24.4 Å². The zero-order valence-electron chi connectivity index (χ0n) is 33.0. The SMILES string of the molecule is C(=N\C(NCc1cccc(-c2ccc3c(c2)C2(c4ccccc4-3)c3ccccc3-c3cc4c5ccccc5c5ccccc5c4cc32)c1)c1ccccc1)/c1ccccc1. The quantitative estimate of drug-likeness (QED) is 0.127. The van der Waals surface area contributed by atoms with Crippen LogP contribution in [-0.4, -0.2) is 6.21 Å². The molecule has 12 rings (SSSR count). The Bertz CT molecular complexity index is 3330. The Morgan fingerprint density at radius 1 is 0.400 bits per heavy atom. The van der Waals surface area contributed by atoms with E-state index in [-0.39, 0.29) is 6.17 Å². The molecule has 2 aliphatic carbocycles. The first kappa shape index (κ1) is 34.6. The van der Waals surface area contributed by atoms with Gasteiger partial charge in [-0.15, -0.1) is 0 Å². The molecule has 2 aliphatic rings. The average molecular weight is 765 g/mol. The fourth-order valence-corrected chi connectivity index (χ4v) is 10.4. The lowest BCUT2D eigenvalue weighted by atomic mass is 9.70. The summed E-state index contributed by atoms with van der Waals surface area (Å²) in [4.78, 5) is 5.01. The first-order chi connectivity index (χ1) is 29.8. The van der Waals surface area contributed by atoms with Crippen molar-refractivity contribution in [2.45, 2.75) is 18.1 Å². The van der Waals surface area contributed by atoms with Gasteiger partial charge in [0.2, 0.25) is 0 Å². The van der Waals surface area contributed by atoms with Gasteiger partial charge < -0.3 is 0 Å². The van der Waals surface area contributed by atoms with Crippen LogP contribution in [0, 0.1) is 0 Å². The Labute approximate surface area is 350 Å². The van der Waals surface area contributed by atoms with Gasteiger partial charge in [-0.25, -0.2) is 0 Å². The van der Waals surface area contributed by atoms with Crippen molar-refractivity contribution < 1.29 is 0 Å². The summed E-state index contributed by atoms with van der Waals surface area (Å²) >= 11 is 0. The van der Waals surface area contributed by atoms with Gasteiger partial charge in [-0.05, 0) is 129 Å². The molecule has 0 aliphatic heterocycles. The fourth-order valence-electron chi connectivity index (χ4n) is 10.4. The molecule has 2 unspecified atom stereocenters. The second-order valence-corrected chi connectivity index (χ2v) is 16.2. The first-order valence-corrected chi connectivity index (χ1v) is 20.9. The highest BCUT2D eigenvalue weighted by Crippen LogP contribution is 2.64. The molecule has 2 nitrogen and oxygen atoms in total. The summed E-state index contributed by atoms with van der Waals surface area (Å²) in [5.74, 6) is 0.